The van der Waals surface area contributed by atoms with E-state index in [2.05, 4.69) is 24.1 Å². The summed E-state index contributed by atoms with van der Waals surface area (Å²) in [4.78, 5) is 13.7. The van der Waals surface area contributed by atoms with E-state index in [0.29, 0.717) is 11.3 Å². The number of Topliss-reactive ketones (excluding diaryl/α,β-unsaturated/α-hetero) is 1. The van der Waals surface area contributed by atoms with Crippen LogP contribution in [0.15, 0.2) is 18.2 Å². The molecule has 0 atom stereocenters. The van der Waals surface area contributed by atoms with E-state index >= 15 is 0 Å². The summed E-state index contributed by atoms with van der Waals surface area (Å²) in [5.41, 5.74) is 7.96. The number of anilines is 2. The second-order valence-electron chi connectivity index (χ2n) is 4.67. The van der Waals surface area contributed by atoms with Crippen LogP contribution < -0.4 is 11.1 Å². The molecule has 0 fully saturated rings. The van der Waals surface area contributed by atoms with E-state index in [-0.39, 0.29) is 5.78 Å². The van der Waals surface area contributed by atoms with Gasteiger partial charge < -0.3 is 16.0 Å². The number of hydrogen-bond acceptors (Lipinski definition) is 4. The van der Waals surface area contributed by atoms with Gasteiger partial charge in [-0.05, 0) is 51.2 Å². The molecule has 19 heavy (non-hydrogen) atoms. The van der Waals surface area contributed by atoms with Crippen LogP contribution in [0.2, 0.25) is 0 Å². The molecule has 0 saturated heterocycles. The number of ketones is 1. The van der Waals surface area contributed by atoms with Crippen LogP contribution >= 0.6 is 0 Å². The minimum Gasteiger partial charge on any atom is -0.398 e. The van der Waals surface area contributed by atoms with Crippen LogP contribution in [-0.2, 0) is 0 Å². The van der Waals surface area contributed by atoms with Gasteiger partial charge in [-0.25, -0.2) is 0 Å². The first-order valence-electron chi connectivity index (χ1n) is 6.95. The zero-order valence-corrected chi connectivity index (χ0v) is 12.2. The Bertz CT molecular complexity index is 414. The van der Waals surface area contributed by atoms with Crippen LogP contribution in [0.1, 0.15) is 37.6 Å². The molecule has 0 saturated carbocycles. The summed E-state index contributed by atoms with van der Waals surface area (Å²) in [6, 6.07) is 5.52. The Kier molecular flexibility index (Phi) is 6.36. The molecule has 0 aliphatic rings. The number of nitrogens with one attached hydrogen (secondary N) is 1. The lowest BCUT2D eigenvalue weighted by Crippen LogP contribution is -2.25. The predicted molar refractivity (Wildman–Crippen MR) is 81.8 cm³/mol. The Morgan fingerprint density at radius 3 is 2.53 bits per heavy atom. The molecule has 1 aromatic rings. The average Bonchev–Trinajstić information content (AvgIpc) is 2.38. The van der Waals surface area contributed by atoms with Gasteiger partial charge in [-0.1, -0.05) is 13.8 Å². The number of nitrogens with zero attached hydrogens (tertiary/aromatic N) is 1. The van der Waals surface area contributed by atoms with Crippen molar-refractivity contribution in [3.05, 3.63) is 23.8 Å². The smallest absolute Gasteiger partial charge is 0.161 e. The molecule has 0 radical (unpaired) electrons. The Labute approximate surface area is 116 Å². The molecule has 1 rings (SSSR count). The lowest BCUT2D eigenvalue weighted by atomic mass is 10.1. The topological polar surface area (TPSA) is 58.4 Å². The lowest BCUT2D eigenvalue weighted by molar-refractivity contribution is 0.101. The van der Waals surface area contributed by atoms with Crippen molar-refractivity contribution < 1.29 is 4.79 Å². The van der Waals surface area contributed by atoms with Crippen LogP contribution in [0.3, 0.4) is 0 Å². The fraction of sp³-hybridized carbons (Fsp3) is 0.533. The van der Waals surface area contributed by atoms with E-state index < -0.39 is 0 Å². The molecule has 0 heterocycles. The molecule has 0 spiro atoms. The normalized spacial score (nSPS) is 10.7. The van der Waals surface area contributed by atoms with Crippen LogP contribution in [-0.4, -0.2) is 36.9 Å². The van der Waals surface area contributed by atoms with Crippen molar-refractivity contribution >= 4 is 17.2 Å². The van der Waals surface area contributed by atoms with E-state index in [9.17, 15) is 4.79 Å². The molecule has 0 aromatic heterocycles. The molecule has 4 heteroatoms. The van der Waals surface area contributed by atoms with E-state index in [1.165, 1.54) is 6.92 Å². The third kappa shape index (κ3) is 4.91. The third-order valence-corrected chi connectivity index (χ3v) is 3.31. The molecular formula is C15H25N3O. The van der Waals surface area contributed by atoms with Crippen molar-refractivity contribution in [2.24, 2.45) is 0 Å². The molecule has 106 valence electrons. The summed E-state index contributed by atoms with van der Waals surface area (Å²) < 4.78 is 0. The van der Waals surface area contributed by atoms with E-state index in [0.717, 1.165) is 38.3 Å². The van der Waals surface area contributed by atoms with E-state index in [1.807, 2.05) is 12.1 Å². The van der Waals surface area contributed by atoms with Gasteiger partial charge in [-0.15, -0.1) is 0 Å². The summed E-state index contributed by atoms with van der Waals surface area (Å²) in [5.74, 6) is 0.00517. The number of rotatable bonds is 8. The highest BCUT2D eigenvalue weighted by atomic mass is 16.1. The lowest BCUT2D eigenvalue weighted by Gasteiger charge is -2.18. The maximum absolute atomic E-state index is 11.3. The largest absolute Gasteiger partial charge is 0.398 e. The predicted octanol–water partition coefficient (Wildman–Crippen LogP) is 2.62. The van der Waals surface area contributed by atoms with E-state index in [4.69, 9.17) is 5.73 Å². The highest BCUT2D eigenvalue weighted by Crippen LogP contribution is 2.18. The molecule has 0 bridgehead atoms. The van der Waals surface area contributed by atoms with Crippen LogP contribution in [0.4, 0.5) is 11.4 Å². The SMILES string of the molecule is CCN(CC)CCCNc1ccc(C(C)=O)c(N)c1. The Morgan fingerprint density at radius 1 is 1.32 bits per heavy atom. The summed E-state index contributed by atoms with van der Waals surface area (Å²) in [6.07, 6.45) is 1.09. The number of benzene rings is 1. The Morgan fingerprint density at radius 2 is 2.00 bits per heavy atom. The fourth-order valence-electron chi connectivity index (χ4n) is 2.07. The van der Waals surface area contributed by atoms with Crippen molar-refractivity contribution in [1.29, 1.82) is 0 Å². The summed E-state index contributed by atoms with van der Waals surface area (Å²) in [6.45, 7) is 10.1. The second kappa shape index (κ2) is 7.79. The minimum absolute atomic E-state index is 0.00517. The summed E-state index contributed by atoms with van der Waals surface area (Å²) >= 11 is 0. The molecular weight excluding hydrogens is 238 g/mol. The van der Waals surface area contributed by atoms with Crippen molar-refractivity contribution in [3.63, 3.8) is 0 Å². The molecule has 1 aromatic carbocycles. The standard InChI is InChI=1S/C15H25N3O/c1-4-18(5-2)10-6-9-17-13-7-8-14(12(3)19)15(16)11-13/h7-8,11,17H,4-6,9-10,16H2,1-3H3. The quantitative estimate of drug-likeness (QED) is 0.430. The molecule has 3 N–H and O–H groups in total. The van der Waals surface area contributed by atoms with Gasteiger partial charge in [0.15, 0.2) is 5.78 Å². The van der Waals surface area contributed by atoms with Gasteiger partial charge in [-0.2, -0.15) is 0 Å². The van der Waals surface area contributed by atoms with Gasteiger partial charge in [0.2, 0.25) is 0 Å². The zero-order valence-electron chi connectivity index (χ0n) is 12.2. The van der Waals surface area contributed by atoms with Crippen LogP contribution in [0.5, 0.6) is 0 Å². The highest BCUT2D eigenvalue weighted by molar-refractivity contribution is 5.99. The average molecular weight is 263 g/mol. The summed E-state index contributed by atoms with van der Waals surface area (Å²) in [7, 11) is 0. The van der Waals surface area contributed by atoms with Gasteiger partial charge in [0.05, 0.1) is 0 Å². The zero-order chi connectivity index (χ0) is 14.3. The van der Waals surface area contributed by atoms with Crippen LogP contribution in [0.25, 0.3) is 0 Å². The fourth-order valence-corrected chi connectivity index (χ4v) is 2.07. The Balaban J connectivity index is 2.42. The minimum atomic E-state index is 0.00517. The van der Waals surface area contributed by atoms with Gasteiger partial charge in [0.1, 0.15) is 0 Å². The molecule has 0 aliphatic heterocycles. The first-order chi connectivity index (χ1) is 9.08. The van der Waals surface area contributed by atoms with Crippen molar-refractivity contribution in [3.8, 4) is 0 Å². The number of hydrogen-bond donors (Lipinski definition) is 2. The number of nitrogens with two attached hydrogens (primary N) is 1. The number of carbonyl (C=O) groups excluding carboxylic acids is 1. The van der Waals surface area contributed by atoms with Gasteiger partial charge >= 0.3 is 0 Å². The maximum Gasteiger partial charge on any atom is 0.161 e. The maximum atomic E-state index is 11.3. The number of nitrogen functional groups attached to an aromatic ring is 1. The highest BCUT2D eigenvalue weighted by Gasteiger charge is 2.05. The molecule has 0 unspecified atom stereocenters. The van der Waals surface area contributed by atoms with Gasteiger partial charge in [-0.3, -0.25) is 4.79 Å². The molecule has 0 aliphatic carbocycles. The van der Waals surface area contributed by atoms with Crippen molar-refractivity contribution in [2.75, 3.05) is 37.2 Å². The first-order valence-corrected chi connectivity index (χ1v) is 6.95. The monoisotopic (exact) mass is 263 g/mol. The summed E-state index contributed by atoms with van der Waals surface area (Å²) in [5, 5.41) is 3.34. The van der Waals surface area contributed by atoms with Crippen molar-refractivity contribution in [1.82, 2.24) is 4.90 Å². The number of carbonyl (C=O) groups is 1. The van der Waals surface area contributed by atoms with Gasteiger partial charge in [0, 0.05) is 23.5 Å². The van der Waals surface area contributed by atoms with Crippen molar-refractivity contribution in [2.45, 2.75) is 27.2 Å². The Hall–Kier alpha value is -1.55. The molecule has 0 amide bonds. The third-order valence-electron chi connectivity index (χ3n) is 3.31. The molecule has 4 nitrogen and oxygen atoms in total. The first kappa shape index (κ1) is 15.5. The van der Waals surface area contributed by atoms with Crippen LogP contribution in [0, 0.1) is 0 Å². The second-order valence-corrected chi connectivity index (χ2v) is 4.67. The van der Waals surface area contributed by atoms with Gasteiger partial charge in [0.25, 0.3) is 0 Å². The van der Waals surface area contributed by atoms with E-state index in [1.54, 1.807) is 6.07 Å².